The zero-order valence-electron chi connectivity index (χ0n) is 13.8. The Balaban J connectivity index is 1.61. The number of amides is 1. The number of halogens is 2. The van der Waals surface area contributed by atoms with Crippen LogP contribution in [0, 0.1) is 11.6 Å². The van der Waals surface area contributed by atoms with Gasteiger partial charge in [0.2, 0.25) is 5.91 Å². The van der Waals surface area contributed by atoms with Gasteiger partial charge in [0.25, 0.3) is 0 Å². The Kier molecular flexibility index (Phi) is 5.28. The van der Waals surface area contributed by atoms with E-state index in [2.05, 4.69) is 0 Å². The number of nitrogens with two attached hydrogens (primary N) is 1. The molecule has 1 fully saturated rings. The highest BCUT2D eigenvalue weighted by atomic mass is 19.2. The molecule has 1 aliphatic rings. The highest BCUT2D eigenvalue weighted by Gasteiger charge is 2.25. The number of carbonyl (C=O) groups is 1. The van der Waals surface area contributed by atoms with E-state index in [1.165, 1.54) is 6.07 Å². The number of ether oxygens (including phenoxy) is 1. The van der Waals surface area contributed by atoms with E-state index in [-0.39, 0.29) is 5.91 Å². The number of hydrogen-bond donors (Lipinski definition) is 1. The van der Waals surface area contributed by atoms with Crippen molar-refractivity contribution in [1.82, 2.24) is 4.90 Å². The third kappa shape index (κ3) is 4.14. The van der Waals surface area contributed by atoms with Crippen molar-refractivity contribution in [2.24, 2.45) is 0 Å². The lowest BCUT2D eigenvalue weighted by molar-refractivity contribution is -0.139. The van der Waals surface area contributed by atoms with Crippen molar-refractivity contribution in [1.29, 1.82) is 0 Å². The minimum Gasteiger partial charge on any atom is -0.399 e. The van der Waals surface area contributed by atoms with Gasteiger partial charge in [0.05, 0.1) is 13.2 Å². The van der Waals surface area contributed by atoms with E-state index < -0.39 is 17.7 Å². The molecule has 132 valence electrons. The van der Waals surface area contributed by atoms with Crippen molar-refractivity contribution in [2.75, 3.05) is 25.4 Å². The molecule has 0 spiro atoms. The number of para-hydroxylation sites is 1. The van der Waals surface area contributed by atoms with Gasteiger partial charge in [-0.05, 0) is 35.7 Å². The van der Waals surface area contributed by atoms with Crippen LogP contribution in [0.2, 0.25) is 0 Å². The van der Waals surface area contributed by atoms with Gasteiger partial charge in [0, 0.05) is 18.7 Å². The maximum Gasteiger partial charge on any atom is 0.223 e. The SMILES string of the molecule is Nc1ccccc1CCC(=O)N1CCOC(c2ccc(F)c(F)c2)C1. The first kappa shape index (κ1) is 17.4. The molecule has 2 N–H and O–H groups in total. The summed E-state index contributed by atoms with van der Waals surface area (Å²) in [6.07, 6.45) is 0.465. The number of nitrogens with zero attached hydrogens (tertiary/aromatic N) is 1. The first-order chi connectivity index (χ1) is 12.0. The normalized spacial score (nSPS) is 17.5. The molecule has 2 aromatic rings. The Labute approximate surface area is 145 Å². The number of carbonyl (C=O) groups excluding carboxylic acids is 1. The van der Waals surface area contributed by atoms with Crippen molar-refractivity contribution in [2.45, 2.75) is 18.9 Å². The second-order valence-corrected chi connectivity index (χ2v) is 6.07. The third-order valence-electron chi connectivity index (χ3n) is 4.40. The zero-order valence-corrected chi connectivity index (χ0v) is 13.8. The predicted molar refractivity (Wildman–Crippen MR) is 90.8 cm³/mol. The lowest BCUT2D eigenvalue weighted by Gasteiger charge is -2.33. The van der Waals surface area contributed by atoms with E-state index >= 15 is 0 Å². The monoisotopic (exact) mass is 346 g/mol. The molecule has 0 radical (unpaired) electrons. The molecule has 1 saturated heterocycles. The summed E-state index contributed by atoms with van der Waals surface area (Å²) in [5, 5.41) is 0. The molecule has 0 aliphatic carbocycles. The molecule has 1 unspecified atom stereocenters. The number of hydrogen-bond acceptors (Lipinski definition) is 3. The van der Waals surface area contributed by atoms with Crippen LogP contribution in [-0.2, 0) is 16.0 Å². The average molecular weight is 346 g/mol. The molecule has 3 rings (SSSR count). The fourth-order valence-corrected chi connectivity index (χ4v) is 2.95. The Morgan fingerprint density at radius 2 is 2.00 bits per heavy atom. The van der Waals surface area contributed by atoms with Crippen LogP contribution in [0.3, 0.4) is 0 Å². The van der Waals surface area contributed by atoms with E-state index in [9.17, 15) is 13.6 Å². The van der Waals surface area contributed by atoms with E-state index in [1.807, 2.05) is 24.3 Å². The second-order valence-electron chi connectivity index (χ2n) is 6.07. The topological polar surface area (TPSA) is 55.6 Å². The fourth-order valence-electron chi connectivity index (χ4n) is 2.95. The van der Waals surface area contributed by atoms with E-state index in [4.69, 9.17) is 10.5 Å². The Bertz CT molecular complexity index is 767. The third-order valence-corrected chi connectivity index (χ3v) is 4.40. The van der Waals surface area contributed by atoms with Crippen LogP contribution in [0.5, 0.6) is 0 Å². The first-order valence-corrected chi connectivity index (χ1v) is 8.22. The van der Waals surface area contributed by atoms with Crippen molar-refractivity contribution < 1.29 is 18.3 Å². The summed E-state index contributed by atoms with van der Waals surface area (Å²) in [7, 11) is 0. The van der Waals surface area contributed by atoms with Gasteiger partial charge in [-0.3, -0.25) is 4.79 Å². The summed E-state index contributed by atoms with van der Waals surface area (Å²) in [5.74, 6) is -1.81. The first-order valence-electron chi connectivity index (χ1n) is 8.22. The van der Waals surface area contributed by atoms with Crippen LogP contribution in [-0.4, -0.2) is 30.5 Å². The molecular formula is C19H20F2N2O2. The second kappa shape index (κ2) is 7.61. The largest absolute Gasteiger partial charge is 0.399 e. The number of benzene rings is 2. The fraction of sp³-hybridized carbons (Fsp3) is 0.316. The molecule has 1 atom stereocenters. The summed E-state index contributed by atoms with van der Waals surface area (Å²) in [6, 6.07) is 11.2. The van der Waals surface area contributed by atoms with Gasteiger partial charge in [-0.2, -0.15) is 0 Å². The van der Waals surface area contributed by atoms with Crippen molar-refractivity contribution in [3.8, 4) is 0 Å². The van der Waals surface area contributed by atoms with E-state index in [0.717, 1.165) is 17.7 Å². The standard InChI is InChI=1S/C19H20F2N2O2/c20-15-7-5-14(11-16(15)21)18-12-23(9-10-25-18)19(24)8-6-13-3-1-2-4-17(13)22/h1-5,7,11,18H,6,8-10,12,22H2. The van der Waals surface area contributed by atoms with E-state index in [1.54, 1.807) is 4.90 Å². The number of rotatable bonds is 4. The number of nitrogen functional groups attached to an aromatic ring is 1. The predicted octanol–water partition coefficient (Wildman–Crippen LogP) is 3.08. The van der Waals surface area contributed by atoms with Gasteiger partial charge in [0.1, 0.15) is 6.10 Å². The van der Waals surface area contributed by atoms with Gasteiger partial charge in [-0.1, -0.05) is 24.3 Å². The van der Waals surface area contributed by atoms with Crippen LogP contribution in [0.4, 0.5) is 14.5 Å². The molecule has 6 heteroatoms. The van der Waals surface area contributed by atoms with Gasteiger partial charge >= 0.3 is 0 Å². The summed E-state index contributed by atoms with van der Waals surface area (Å²) >= 11 is 0. The molecular weight excluding hydrogens is 326 g/mol. The number of aryl methyl sites for hydroxylation is 1. The van der Waals surface area contributed by atoms with Crippen LogP contribution in [0.25, 0.3) is 0 Å². The Morgan fingerprint density at radius 1 is 1.20 bits per heavy atom. The van der Waals surface area contributed by atoms with Crippen LogP contribution in [0.15, 0.2) is 42.5 Å². The molecule has 0 saturated carbocycles. The lowest BCUT2D eigenvalue weighted by atomic mass is 10.1. The van der Waals surface area contributed by atoms with Gasteiger partial charge < -0.3 is 15.4 Å². The number of anilines is 1. The molecule has 0 aromatic heterocycles. The number of morpholine rings is 1. The smallest absolute Gasteiger partial charge is 0.223 e. The minimum absolute atomic E-state index is 0.000799. The quantitative estimate of drug-likeness (QED) is 0.866. The molecule has 1 heterocycles. The van der Waals surface area contributed by atoms with Gasteiger partial charge in [-0.25, -0.2) is 8.78 Å². The van der Waals surface area contributed by atoms with Crippen LogP contribution < -0.4 is 5.73 Å². The van der Waals surface area contributed by atoms with Crippen molar-refractivity contribution >= 4 is 11.6 Å². The Hall–Kier alpha value is -2.47. The molecule has 25 heavy (non-hydrogen) atoms. The Morgan fingerprint density at radius 3 is 2.76 bits per heavy atom. The summed E-state index contributed by atoms with van der Waals surface area (Å²) in [4.78, 5) is 14.2. The molecule has 1 amide bonds. The molecule has 1 aliphatic heterocycles. The average Bonchev–Trinajstić information content (AvgIpc) is 2.63. The lowest BCUT2D eigenvalue weighted by Crippen LogP contribution is -2.42. The molecule has 4 nitrogen and oxygen atoms in total. The maximum absolute atomic E-state index is 13.4. The highest BCUT2D eigenvalue weighted by molar-refractivity contribution is 5.77. The zero-order chi connectivity index (χ0) is 17.8. The molecule has 0 bridgehead atoms. The van der Waals surface area contributed by atoms with Gasteiger partial charge in [-0.15, -0.1) is 0 Å². The minimum atomic E-state index is -0.913. The summed E-state index contributed by atoms with van der Waals surface area (Å²) in [6.45, 7) is 1.18. The van der Waals surface area contributed by atoms with Crippen molar-refractivity contribution in [3.63, 3.8) is 0 Å². The van der Waals surface area contributed by atoms with Gasteiger partial charge in [0.15, 0.2) is 11.6 Å². The highest BCUT2D eigenvalue weighted by Crippen LogP contribution is 2.24. The molecule has 2 aromatic carbocycles. The maximum atomic E-state index is 13.4. The van der Waals surface area contributed by atoms with E-state index in [0.29, 0.717) is 43.8 Å². The van der Waals surface area contributed by atoms with Crippen molar-refractivity contribution in [3.05, 3.63) is 65.2 Å². The van der Waals surface area contributed by atoms with Crippen LogP contribution >= 0.6 is 0 Å². The van der Waals surface area contributed by atoms with Crippen LogP contribution in [0.1, 0.15) is 23.7 Å². The summed E-state index contributed by atoms with van der Waals surface area (Å²) < 4.78 is 32.1. The summed E-state index contributed by atoms with van der Waals surface area (Å²) in [5.41, 5.74) is 8.05.